The van der Waals surface area contributed by atoms with Crippen molar-refractivity contribution in [1.82, 2.24) is 20.7 Å². The number of benzene rings is 1. The van der Waals surface area contributed by atoms with Crippen molar-refractivity contribution in [2.75, 3.05) is 26.7 Å². The summed E-state index contributed by atoms with van der Waals surface area (Å²) < 4.78 is 0. The Hall–Kier alpha value is -0.940. The molecule has 4 heteroatoms. The maximum absolute atomic E-state index is 3.54. The highest BCUT2D eigenvalue weighted by molar-refractivity contribution is 5.14. The van der Waals surface area contributed by atoms with Crippen LogP contribution in [-0.4, -0.2) is 54.6 Å². The zero-order chi connectivity index (χ0) is 17.6. The van der Waals surface area contributed by atoms with Gasteiger partial charge < -0.3 is 4.90 Å². The molecule has 2 fully saturated rings. The average molecular weight is 345 g/mol. The fourth-order valence-electron chi connectivity index (χ4n) is 4.41. The van der Waals surface area contributed by atoms with Gasteiger partial charge in [0.2, 0.25) is 0 Å². The van der Waals surface area contributed by atoms with Crippen LogP contribution >= 0.6 is 0 Å². The van der Waals surface area contributed by atoms with Crippen molar-refractivity contribution in [2.45, 2.75) is 64.2 Å². The molecule has 2 saturated heterocycles. The zero-order valence-corrected chi connectivity index (χ0v) is 16.2. The van der Waals surface area contributed by atoms with Gasteiger partial charge in [0.1, 0.15) is 0 Å². The van der Waals surface area contributed by atoms with Gasteiger partial charge in [0.25, 0.3) is 0 Å². The summed E-state index contributed by atoms with van der Waals surface area (Å²) >= 11 is 0. The van der Waals surface area contributed by atoms with Crippen LogP contribution in [0, 0.1) is 5.92 Å². The van der Waals surface area contributed by atoms with Crippen molar-refractivity contribution < 1.29 is 0 Å². The first-order valence-electron chi connectivity index (χ1n) is 10.1. The Bertz CT molecular complexity index is 504. The second-order valence-electron chi connectivity index (χ2n) is 8.50. The van der Waals surface area contributed by atoms with Gasteiger partial charge in [0.15, 0.2) is 0 Å². The molecule has 0 amide bonds. The van der Waals surface area contributed by atoms with E-state index in [1.165, 1.54) is 50.9 Å². The summed E-state index contributed by atoms with van der Waals surface area (Å²) in [7, 11) is 2.29. The normalized spacial score (nSPS) is 28.1. The molecule has 0 aromatic heterocycles. The summed E-state index contributed by atoms with van der Waals surface area (Å²) in [4.78, 5) is 5.22. The van der Waals surface area contributed by atoms with Gasteiger partial charge in [-0.05, 0) is 50.8 Å². The van der Waals surface area contributed by atoms with Gasteiger partial charge in [0, 0.05) is 37.8 Å². The third-order valence-electron chi connectivity index (χ3n) is 5.67. The van der Waals surface area contributed by atoms with E-state index in [0.717, 1.165) is 12.5 Å². The van der Waals surface area contributed by atoms with Gasteiger partial charge >= 0.3 is 0 Å². The molecule has 4 nitrogen and oxygen atoms in total. The van der Waals surface area contributed by atoms with Crippen LogP contribution in [0.2, 0.25) is 0 Å². The van der Waals surface area contributed by atoms with Gasteiger partial charge in [-0.25, -0.2) is 0 Å². The van der Waals surface area contributed by atoms with Gasteiger partial charge in [0.05, 0.1) is 0 Å². The minimum atomic E-state index is 0.599. The van der Waals surface area contributed by atoms with E-state index in [9.17, 15) is 0 Å². The summed E-state index contributed by atoms with van der Waals surface area (Å²) in [5.41, 5.74) is 8.46. The van der Waals surface area contributed by atoms with Crippen molar-refractivity contribution >= 4 is 0 Å². The molecule has 0 radical (unpaired) electrons. The van der Waals surface area contributed by atoms with E-state index < -0.39 is 0 Å². The zero-order valence-electron chi connectivity index (χ0n) is 16.2. The smallest absolute Gasteiger partial charge is 0.0355 e. The van der Waals surface area contributed by atoms with Crippen molar-refractivity contribution in [3.05, 3.63) is 35.9 Å². The summed E-state index contributed by atoms with van der Waals surface area (Å²) in [6.07, 6.45) is 5.18. The van der Waals surface area contributed by atoms with E-state index in [1.54, 1.807) is 0 Å². The number of hydrogen-bond donors (Lipinski definition) is 2. The third kappa shape index (κ3) is 5.78. The molecule has 2 aliphatic rings. The highest BCUT2D eigenvalue weighted by Crippen LogP contribution is 2.19. The molecule has 3 unspecified atom stereocenters. The van der Waals surface area contributed by atoms with Crippen molar-refractivity contribution in [3.63, 3.8) is 0 Å². The first-order valence-corrected chi connectivity index (χ1v) is 10.1. The largest absolute Gasteiger partial charge is 0.300 e. The monoisotopic (exact) mass is 344 g/mol. The number of rotatable bonds is 7. The predicted molar refractivity (Wildman–Crippen MR) is 105 cm³/mol. The SMILES string of the molecule is CC(C)CC1CC(CN2CCCC(N(C)Cc3ccccc3)C2)NN1. The number of hydrogen-bond acceptors (Lipinski definition) is 4. The molecular formula is C21H36N4. The molecule has 25 heavy (non-hydrogen) atoms. The second kappa shape index (κ2) is 9.13. The fraction of sp³-hybridized carbons (Fsp3) is 0.714. The summed E-state index contributed by atoms with van der Waals surface area (Å²) in [5, 5.41) is 0. The molecule has 0 spiro atoms. The minimum Gasteiger partial charge on any atom is -0.300 e. The standard InChI is InChI=1S/C21H36N4/c1-17(2)12-19-13-20(23-22-19)15-25-11-7-10-21(16-25)24(3)14-18-8-5-4-6-9-18/h4-6,8-9,17,19-23H,7,10-16H2,1-3H3. The van der Waals surface area contributed by atoms with E-state index in [2.05, 4.69) is 71.9 Å². The summed E-state index contributed by atoms with van der Waals surface area (Å²) in [6, 6.07) is 12.8. The molecule has 1 aromatic carbocycles. The van der Waals surface area contributed by atoms with E-state index in [0.29, 0.717) is 18.1 Å². The molecule has 3 rings (SSSR count). The van der Waals surface area contributed by atoms with E-state index in [4.69, 9.17) is 0 Å². The molecule has 1 aromatic rings. The molecule has 0 bridgehead atoms. The number of likely N-dealkylation sites (tertiary alicyclic amines) is 1. The Morgan fingerprint density at radius 1 is 1.16 bits per heavy atom. The van der Waals surface area contributed by atoms with Crippen LogP contribution in [0.1, 0.15) is 45.1 Å². The quantitative estimate of drug-likeness (QED) is 0.796. The highest BCUT2D eigenvalue weighted by Gasteiger charge is 2.29. The molecule has 2 aliphatic heterocycles. The van der Waals surface area contributed by atoms with Gasteiger partial charge in [-0.2, -0.15) is 0 Å². The Kier molecular flexibility index (Phi) is 6.88. The van der Waals surface area contributed by atoms with Crippen LogP contribution in [0.25, 0.3) is 0 Å². The predicted octanol–water partition coefficient (Wildman–Crippen LogP) is 2.86. The minimum absolute atomic E-state index is 0.599. The van der Waals surface area contributed by atoms with Crippen LogP contribution in [0.5, 0.6) is 0 Å². The fourth-order valence-corrected chi connectivity index (χ4v) is 4.41. The third-order valence-corrected chi connectivity index (χ3v) is 5.67. The van der Waals surface area contributed by atoms with Gasteiger partial charge in [-0.15, -0.1) is 0 Å². The van der Waals surface area contributed by atoms with Crippen molar-refractivity contribution in [2.24, 2.45) is 5.92 Å². The molecule has 140 valence electrons. The average Bonchev–Trinajstić information content (AvgIpc) is 3.02. The lowest BCUT2D eigenvalue weighted by Gasteiger charge is -2.38. The lowest BCUT2D eigenvalue weighted by atomic mass is 9.99. The lowest BCUT2D eigenvalue weighted by molar-refractivity contribution is 0.105. The first kappa shape index (κ1) is 18.8. The van der Waals surface area contributed by atoms with Gasteiger partial charge in [-0.1, -0.05) is 44.2 Å². The van der Waals surface area contributed by atoms with E-state index in [-0.39, 0.29) is 0 Å². The molecule has 0 aliphatic carbocycles. The van der Waals surface area contributed by atoms with Crippen LogP contribution in [0.15, 0.2) is 30.3 Å². The maximum atomic E-state index is 3.54. The van der Waals surface area contributed by atoms with Crippen LogP contribution < -0.4 is 10.9 Å². The second-order valence-corrected chi connectivity index (χ2v) is 8.50. The number of nitrogens with zero attached hydrogens (tertiary/aromatic N) is 2. The summed E-state index contributed by atoms with van der Waals surface area (Å²) in [6.45, 7) is 9.31. The number of nitrogens with one attached hydrogen (secondary N) is 2. The van der Waals surface area contributed by atoms with Crippen molar-refractivity contribution in [1.29, 1.82) is 0 Å². The molecular weight excluding hydrogens is 308 g/mol. The Morgan fingerprint density at radius 3 is 2.68 bits per heavy atom. The molecule has 2 N–H and O–H groups in total. The summed E-state index contributed by atoms with van der Waals surface area (Å²) in [5.74, 6) is 0.768. The molecule has 2 heterocycles. The Balaban J connectivity index is 1.45. The van der Waals surface area contributed by atoms with Crippen LogP contribution in [-0.2, 0) is 6.54 Å². The van der Waals surface area contributed by atoms with E-state index >= 15 is 0 Å². The molecule has 0 saturated carbocycles. The topological polar surface area (TPSA) is 30.5 Å². The van der Waals surface area contributed by atoms with E-state index in [1.807, 2.05) is 0 Å². The number of likely N-dealkylation sites (N-methyl/N-ethyl adjacent to an activating group) is 1. The highest BCUT2D eigenvalue weighted by atomic mass is 15.4. The lowest BCUT2D eigenvalue weighted by Crippen LogP contribution is -2.50. The maximum Gasteiger partial charge on any atom is 0.0355 e. The van der Waals surface area contributed by atoms with Crippen molar-refractivity contribution in [3.8, 4) is 0 Å². The van der Waals surface area contributed by atoms with Crippen LogP contribution in [0.4, 0.5) is 0 Å². The Morgan fingerprint density at radius 2 is 1.92 bits per heavy atom. The Labute approximate surface area is 153 Å². The van der Waals surface area contributed by atoms with Gasteiger partial charge in [-0.3, -0.25) is 15.8 Å². The van der Waals surface area contributed by atoms with Crippen LogP contribution in [0.3, 0.4) is 0 Å². The number of hydrazine groups is 1. The number of piperidine rings is 1. The first-order chi connectivity index (χ1) is 12.1. The molecule has 3 atom stereocenters.